The number of hydrogen-bond donors (Lipinski definition) is 3. The van der Waals surface area contributed by atoms with Crippen molar-refractivity contribution < 1.29 is 19.3 Å². The quantitative estimate of drug-likeness (QED) is 0.270. The van der Waals surface area contributed by atoms with Crippen LogP contribution in [0.5, 0.6) is 0 Å². The maximum Gasteiger partial charge on any atom is 0.269 e. The third kappa shape index (κ3) is 7.55. The topological polar surface area (TPSA) is 151 Å². The lowest BCUT2D eigenvalue weighted by atomic mass is 9.91. The molecule has 3 aromatic rings. The maximum atomic E-state index is 13.2. The van der Waals surface area contributed by atoms with Gasteiger partial charge in [-0.2, -0.15) is 0 Å². The molecule has 1 aliphatic carbocycles. The van der Waals surface area contributed by atoms with E-state index in [2.05, 4.69) is 15.5 Å². The van der Waals surface area contributed by atoms with Crippen molar-refractivity contribution in [3.8, 4) is 0 Å². The molecule has 3 aromatic carbocycles. The third-order valence-electron chi connectivity index (χ3n) is 8.13. The number of nitro groups is 1. The summed E-state index contributed by atoms with van der Waals surface area (Å²) in [7, 11) is 0. The molecular weight excluding hydrogens is 548 g/mol. The third-order valence-corrected chi connectivity index (χ3v) is 8.13. The second-order valence-corrected chi connectivity index (χ2v) is 11.1. The second-order valence-electron chi connectivity index (χ2n) is 11.1. The van der Waals surface area contributed by atoms with E-state index in [1.165, 1.54) is 24.3 Å². The second kappa shape index (κ2) is 13.5. The minimum Gasteiger partial charge on any atom is -0.366 e. The first kappa shape index (κ1) is 29.7. The largest absolute Gasteiger partial charge is 0.366 e. The van der Waals surface area contributed by atoms with Crippen LogP contribution in [0.25, 0.3) is 0 Å². The van der Waals surface area contributed by atoms with Crippen molar-refractivity contribution in [3.63, 3.8) is 0 Å². The van der Waals surface area contributed by atoms with E-state index in [9.17, 15) is 24.5 Å². The number of nitrogens with one attached hydrogen (secondary N) is 2. The Bertz CT molecular complexity index is 1460. The molecule has 5 rings (SSSR count). The number of carbonyl (C=O) groups is 3. The number of nitrogens with zero attached hydrogens (tertiary/aromatic N) is 3. The number of hydrogen-bond acceptors (Lipinski definition) is 7. The Labute approximate surface area is 250 Å². The van der Waals surface area contributed by atoms with E-state index in [1.54, 1.807) is 12.1 Å². The minimum absolute atomic E-state index is 0.0478. The number of nitrogens with two attached hydrogens (primary N) is 1. The molecule has 0 bridgehead atoms. The predicted molar refractivity (Wildman–Crippen MR) is 164 cm³/mol. The molecule has 43 heavy (non-hydrogen) atoms. The molecule has 224 valence electrons. The van der Waals surface area contributed by atoms with Gasteiger partial charge in [-0.3, -0.25) is 24.5 Å². The van der Waals surface area contributed by atoms with Crippen molar-refractivity contribution in [1.29, 1.82) is 0 Å². The van der Waals surface area contributed by atoms with Crippen LogP contribution in [-0.2, 0) is 11.2 Å². The first-order valence-corrected chi connectivity index (χ1v) is 14.6. The first-order chi connectivity index (χ1) is 20.8. The van der Waals surface area contributed by atoms with Crippen LogP contribution in [0.2, 0.25) is 0 Å². The summed E-state index contributed by atoms with van der Waals surface area (Å²) in [4.78, 5) is 53.7. The Hall–Kier alpha value is -4.77. The molecule has 0 aromatic heterocycles. The maximum absolute atomic E-state index is 13.2. The van der Waals surface area contributed by atoms with Gasteiger partial charge in [-0.25, -0.2) is 0 Å². The Morgan fingerprint density at radius 3 is 2.14 bits per heavy atom. The molecule has 1 aliphatic heterocycles. The zero-order valence-electron chi connectivity index (χ0n) is 23.9. The number of carbonyl (C=O) groups excluding carboxylic acids is 3. The van der Waals surface area contributed by atoms with Crippen LogP contribution in [0.4, 0.5) is 17.1 Å². The summed E-state index contributed by atoms with van der Waals surface area (Å²) in [5.74, 6) is -0.617. The van der Waals surface area contributed by atoms with Crippen LogP contribution < -0.4 is 21.3 Å². The van der Waals surface area contributed by atoms with Crippen molar-refractivity contribution in [2.45, 2.75) is 44.2 Å². The van der Waals surface area contributed by atoms with Crippen molar-refractivity contribution in [1.82, 2.24) is 10.2 Å². The highest BCUT2D eigenvalue weighted by molar-refractivity contribution is 6.07. The molecule has 0 spiro atoms. The Balaban J connectivity index is 1.32. The highest BCUT2D eigenvalue weighted by atomic mass is 16.6. The SMILES string of the molecule is NC1CCC(NC(=O)c2ccc(N3CCN(C(=O)Cc4ccccc4)CC3)c(NC(=O)c3ccc([N+](=O)[O-])cc3)c2)CC1. The molecule has 2 fully saturated rings. The van der Waals surface area contributed by atoms with Gasteiger partial charge in [0, 0.05) is 61.5 Å². The molecule has 1 saturated carbocycles. The van der Waals surface area contributed by atoms with Crippen LogP contribution in [-0.4, -0.2) is 65.8 Å². The van der Waals surface area contributed by atoms with Gasteiger partial charge in [-0.1, -0.05) is 30.3 Å². The molecule has 11 nitrogen and oxygen atoms in total. The summed E-state index contributed by atoms with van der Waals surface area (Å²) < 4.78 is 0. The summed E-state index contributed by atoms with van der Waals surface area (Å²) in [5, 5.41) is 17.1. The van der Waals surface area contributed by atoms with E-state index >= 15 is 0 Å². The van der Waals surface area contributed by atoms with E-state index in [0.717, 1.165) is 36.9 Å². The average Bonchev–Trinajstić information content (AvgIpc) is 3.02. The summed E-state index contributed by atoms with van der Waals surface area (Å²) in [6.45, 7) is 2.14. The molecular formula is C32H36N6O5. The number of anilines is 2. The van der Waals surface area contributed by atoms with Crippen molar-refractivity contribution in [3.05, 3.63) is 99.6 Å². The highest BCUT2D eigenvalue weighted by Gasteiger charge is 2.25. The van der Waals surface area contributed by atoms with Crippen LogP contribution in [0, 0.1) is 10.1 Å². The van der Waals surface area contributed by atoms with Gasteiger partial charge in [0.05, 0.1) is 22.7 Å². The van der Waals surface area contributed by atoms with Crippen molar-refractivity contribution in [2.75, 3.05) is 36.4 Å². The number of piperazine rings is 1. The van der Waals surface area contributed by atoms with E-state index < -0.39 is 10.8 Å². The summed E-state index contributed by atoms with van der Waals surface area (Å²) in [6, 6.07) is 20.4. The monoisotopic (exact) mass is 584 g/mol. The lowest BCUT2D eigenvalue weighted by Crippen LogP contribution is -2.49. The van der Waals surface area contributed by atoms with Crippen LogP contribution in [0.3, 0.4) is 0 Å². The minimum atomic E-state index is -0.522. The van der Waals surface area contributed by atoms with Crippen LogP contribution in [0.15, 0.2) is 72.8 Å². The molecule has 3 amide bonds. The van der Waals surface area contributed by atoms with Crippen LogP contribution >= 0.6 is 0 Å². The van der Waals surface area contributed by atoms with Gasteiger partial charge in [0.1, 0.15) is 0 Å². The van der Waals surface area contributed by atoms with Crippen LogP contribution in [0.1, 0.15) is 52.0 Å². The number of rotatable bonds is 8. The fourth-order valence-corrected chi connectivity index (χ4v) is 5.59. The highest BCUT2D eigenvalue weighted by Crippen LogP contribution is 2.30. The Morgan fingerprint density at radius 2 is 1.49 bits per heavy atom. The van der Waals surface area contributed by atoms with Crippen molar-refractivity contribution in [2.24, 2.45) is 5.73 Å². The van der Waals surface area contributed by atoms with E-state index in [0.29, 0.717) is 43.9 Å². The summed E-state index contributed by atoms with van der Waals surface area (Å²) in [6.07, 6.45) is 3.71. The molecule has 1 saturated heterocycles. The number of nitro benzene ring substituents is 1. The van der Waals surface area contributed by atoms with Gasteiger partial charge in [-0.05, 0) is 61.6 Å². The number of non-ortho nitro benzene ring substituents is 1. The standard InChI is InChI=1S/C32H36N6O5/c33-25-9-11-26(12-10-25)34-32(41)24-8-15-29(28(21-24)35-31(40)23-6-13-27(14-7-23)38(42)43)36-16-18-37(19-17-36)30(39)20-22-4-2-1-3-5-22/h1-8,13-15,21,25-26H,9-12,16-20,33H2,(H,34,41)(H,35,40). The fourth-order valence-electron chi connectivity index (χ4n) is 5.59. The Morgan fingerprint density at radius 1 is 0.837 bits per heavy atom. The number of benzene rings is 3. The summed E-state index contributed by atoms with van der Waals surface area (Å²) >= 11 is 0. The average molecular weight is 585 g/mol. The molecule has 11 heteroatoms. The molecule has 1 heterocycles. The smallest absolute Gasteiger partial charge is 0.269 e. The van der Waals surface area contributed by atoms with Gasteiger partial charge >= 0.3 is 0 Å². The van der Waals surface area contributed by atoms with Gasteiger partial charge in [0.25, 0.3) is 17.5 Å². The number of amides is 3. The predicted octanol–water partition coefficient (Wildman–Crippen LogP) is 3.74. The molecule has 0 atom stereocenters. The summed E-state index contributed by atoms with van der Waals surface area (Å²) in [5.41, 5.74) is 8.71. The zero-order valence-corrected chi connectivity index (χ0v) is 23.9. The first-order valence-electron chi connectivity index (χ1n) is 14.6. The van der Waals surface area contributed by atoms with Gasteiger partial charge in [-0.15, -0.1) is 0 Å². The molecule has 0 radical (unpaired) electrons. The molecule has 0 unspecified atom stereocenters. The lowest BCUT2D eigenvalue weighted by Gasteiger charge is -2.37. The normalized spacial score (nSPS) is 18.5. The molecule has 4 N–H and O–H groups in total. The van der Waals surface area contributed by atoms with Gasteiger partial charge in [0.15, 0.2) is 0 Å². The van der Waals surface area contributed by atoms with E-state index in [1.807, 2.05) is 41.3 Å². The van der Waals surface area contributed by atoms with Gasteiger partial charge < -0.3 is 26.2 Å². The Kier molecular flexibility index (Phi) is 9.31. The lowest BCUT2D eigenvalue weighted by molar-refractivity contribution is -0.384. The van der Waals surface area contributed by atoms with Crippen molar-refractivity contribution >= 4 is 34.8 Å². The van der Waals surface area contributed by atoms with E-state index in [-0.39, 0.29) is 35.1 Å². The molecule has 2 aliphatic rings. The van der Waals surface area contributed by atoms with E-state index in [4.69, 9.17) is 5.73 Å². The van der Waals surface area contributed by atoms with Gasteiger partial charge in [0.2, 0.25) is 5.91 Å². The fraction of sp³-hybridized carbons (Fsp3) is 0.344. The zero-order chi connectivity index (χ0) is 30.3.